The number of hydrogen-bond acceptors (Lipinski definition) is 2. The Kier molecular flexibility index (Phi) is 3.65. The molecule has 1 amide bonds. The molecule has 1 heterocycles. The van der Waals surface area contributed by atoms with E-state index in [2.05, 4.69) is 6.07 Å². The van der Waals surface area contributed by atoms with Crippen LogP contribution in [0.25, 0.3) is 0 Å². The second-order valence-electron chi connectivity index (χ2n) is 5.54. The van der Waals surface area contributed by atoms with Crippen molar-refractivity contribution in [3.8, 4) is 5.75 Å². The maximum Gasteiger partial charge on any atom is 0.258 e. The number of phenolic OH excluding ortho intramolecular Hbond substituents is 1. The third kappa shape index (κ3) is 2.64. The van der Waals surface area contributed by atoms with Crippen LogP contribution in [0, 0.1) is 6.92 Å². The van der Waals surface area contributed by atoms with E-state index in [0.717, 1.165) is 37.1 Å². The third-order valence-electron chi connectivity index (χ3n) is 4.05. The molecule has 0 unspecified atom stereocenters. The Bertz CT molecular complexity index is 679. The quantitative estimate of drug-likeness (QED) is 0.866. The molecule has 0 aromatic heterocycles. The second-order valence-corrected chi connectivity index (χ2v) is 5.54. The molecule has 2 aromatic rings. The summed E-state index contributed by atoms with van der Waals surface area (Å²) in [6, 6.07) is 13.2. The normalized spacial score (nSPS) is 14.4. The summed E-state index contributed by atoms with van der Waals surface area (Å²) in [7, 11) is 0. The number of para-hydroxylation sites is 1. The topological polar surface area (TPSA) is 40.5 Å². The first-order valence-corrected chi connectivity index (χ1v) is 7.36. The van der Waals surface area contributed by atoms with E-state index in [1.54, 1.807) is 18.2 Å². The van der Waals surface area contributed by atoms with Crippen LogP contribution in [-0.2, 0) is 6.42 Å². The van der Waals surface area contributed by atoms with Crippen molar-refractivity contribution in [1.82, 2.24) is 0 Å². The molecule has 3 nitrogen and oxygen atoms in total. The fraction of sp³-hybridized carbons (Fsp3) is 0.278. The standard InChI is InChI=1S/C18H19NO2/c1-13-12-15(9-10-17(13)20)18(21)19-11-5-4-7-14-6-2-3-8-16(14)19/h2-3,6,8-10,12,20H,4-5,7,11H2,1H3. The first-order valence-electron chi connectivity index (χ1n) is 7.36. The van der Waals surface area contributed by atoms with E-state index in [1.165, 1.54) is 5.56 Å². The SMILES string of the molecule is Cc1cc(C(=O)N2CCCCc3ccccc32)ccc1O. The van der Waals surface area contributed by atoms with E-state index < -0.39 is 0 Å². The molecule has 21 heavy (non-hydrogen) atoms. The molecule has 0 spiro atoms. The maximum atomic E-state index is 12.8. The van der Waals surface area contributed by atoms with Gasteiger partial charge < -0.3 is 10.0 Å². The Morgan fingerprint density at radius 3 is 2.76 bits per heavy atom. The van der Waals surface area contributed by atoms with Crippen molar-refractivity contribution in [2.24, 2.45) is 0 Å². The molecule has 0 bridgehead atoms. The number of fused-ring (bicyclic) bond motifs is 1. The van der Waals surface area contributed by atoms with E-state index in [-0.39, 0.29) is 11.7 Å². The molecular weight excluding hydrogens is 262 g/mol. The van der Waals surface area contributed by atoms with Gasteiger partial charge in [-0.1, -0.05) is 18.2 Å². The van der Waals surface area contributed by atoms with Crippen LogP contribution >= 0.6 is 0 Å². The highest BCUT2D eigenvalue weighted by Crippen LogP contribution is 2.28. The van der Waals surface area contributed by atoms with Crippen LogP contribution < -0.4 is 4.90 Å². The smallest absolute Gasteiger partial charge is 0.258 e. The van der Waals surface area contributed by atoms with Gasteiger partial charge in [-0.05, 0) is 61.6 Å². The molecule has 108 valence electrons. The summed E-state index contributed by atoms with van der Waals surface area (Å²) in [5.41, 5.74) is 3.61. The van der Waals surface area contributed by atoms with Gasteiger partial charge >= 0.3 is 0 Å². The van der Waals surface area contributed by atoms with Gasteiger partial charge in [0.25, 0.3) is 5.91 Å². The monoisotopic (exact) mass is 281 g/mol. The Morgan fingerprint density at radius 1 is 1.14 bits per heavy atom. The molecule has 2 aromatic carbocycles. The average molecular weight is 281 g/mol. The molecule has 0 aliphatic carbocycles. The third-order valence-corrected chi connectivity index (χ3v) is 4.05. The first-order chi connectivity index (χ1) is 10.2. The predicted octanol–water partition coefficient (Wildman–Crippen LogP) is 3.68. The number of hydrogen-bond donors (Lipinski definition) is 1. The molecular formula is C18H19NO2. The second kappa shape index (κ2) is 5.60. The van der Waals surface area contributed by atoms with Crippen molar-refractivity contribution >= 4 is 11.6 Å². The van der Waals surface area contributed by atoms with Gasteiger partial charge in [0, 0.05) is 17.8 Å². The van der Waals surface area contributed by atoms with Gasteiger partial charge in [-0.2, -0.15) is 0 Å². The van der Waals surface area contributed by atoms with E-state index in [1.807, 2.05) is 30.0 Å². The van der Waals surface area contributed by atoms with Crippen LogP contribution in [0.2, 0.25) is 0 Å². The highest BCUT2D eigenvalue weighted by atomic mass is 16.3. The number of aryl methyl sites for hydroxylation is 2. The number of anilines is 1. The Morgan fingerprint density at radius 2 is 1.95 bits per heavy atom. The largest absolute Gasteiger partial charge is 0.508 e. The molecule has 0 radical (unpaired) electrons. The van der Waals surface area contributed by atoms with Crippen molar-refractivity contribution in [3.05, 3.63) is 59.2 Å². The zero-order valence-electron chi connectivity index (χ0n) is 12.2. The summed E-state index contributed by atoms with van der Waals surface area (Å²) in [6.07, 6.45) is 3.14. The van der Waals surface area contributed by atoms with E-state index in [4.69, 9.17) is 0 Å². The fourth-order valence-electron chi connectivity index (χ4n) is 2.85. The average Bonchev–Trinajstić information content (AvgIpc) is 2.71. The van der Waals surface area contributed by atoms with E-state index in [9.17, 15) is 9.90 Å². The zero-order valence-corrected chi connectivity index (χ0v) is 12.2. The lowest BCUT2D eigenvalue weighted by molar-refractivity contribution is 0.0987. The van der Waals surface area contributed by atoms with Crippen LogP contribution in [0.1, 0.15) is 34.3 Å². The van der Waals surface area contributed by atoms with Crippen LogP contribution in [-0.4, -0.2) is 17.6 Å². The molecule has 0 saturated heterocycles. The van der Waals surface area contributed by atoms with Crippen molar-refractivity contribution in [1.29, 1.82) is 0 Å². The fourth-order valence-corrected chi connectivity index (χ4v) is 2.85. The Balaban J connectivity index is 1.99. The minimum absolute atomic E-state index is 0.00690. The molecule has 0 atom stereocenters. The molecule has 3 rings (SSSR count). The number of rotatable bonds is 1. The Labute approximate surface area is 124 Å². The summed E-state index contributed by atoms with van der Waals surface area (Å²) in [6.45, 7) is 2.55. The lowest BCUT2D eigenvalue weighted by Gasteiger charge is -2.23. The molecule has 0 fully saturated rings. The van der Waals surface area contributed by atoms with Crippen molar-refractivity contribution in [2.45, 2.75) is 26.2 Å². The predicted molar refractivity (Wildman–Crippen MR) is 83.9 cm³/mol. The van der Waals surface area contributed by atoms with Gasteiger partial charge in [0.1, 0.15) is 5.75 Å². The highest BCUT2D eigenvalue weighted by molar-refractivity contribution is 6.06. The van der Waals surface area contributed by atoms with Crippen LogP contribution in [0.4, 0.5) is 5.69 Å². The van der Waals surface area contributed by atoms with E-state index >= 15 is 0 Å². The number of aromatic hydroxyl groups is 1. The van der Waals surface area contributed by atoms with Gasteiger partial charge in [-0.15, -0.1) is 0 Å². The summed E-state index contributed by atoms with van der Waals surface area (Å²) in [5, 5.41) is 9.61. The number of phenols is 1. The van der Waals surface area contributed by atoms with Gasteiger partial charge in [-0.3, -0.25) is 4.79 Å². The lowest BCUT2D eigenvalue weighted by Crippen LogP contribution is -2.31. The van der Waals surface area contributed by atoms with Crippen molar-refractivity contribution in [3.63, 3.8) is 0 Å². The summed E-state index contributed by atoms with van der Waals surface area (Å²) < 4.78 is 0. The lowest BCUT2D eigenvalue weighted by atomic mass is 10.1. The number of carbonyl (C=O) groups is 1. The number of amides is 1. The molecule has 1 aliphatic rings. The first kappa shape index (κ1) is 13.7. The minimum Gasteiger partial charge on any atom is -0.508 e. The van der Waals surface area contributed by atoms with Gasteiger partial charge in [0.05, 0.1) is 0 Å². The summed E-state index contributed by atoms with van der Waals surface area (Å²) in [5.74, 6) is 0.232. The molecule has 3 heteroatoms. The molecule has 1 aliphatic heterocycles. The van der Waals surface area contributed by atoms with Gasteiger partial charge in [-0.25, -0.2) is 0 Å². The summed E-state index contributed by atoms with van der Waals surface area (Å²) >= 11 is 0. The molecule has 0 saturated carbocycles. The highest BCUT2D eigenvalue weighted by Gasteiger charge is 2.22. The maximum absolute atomic E-state index is 12.8. The van der Waals surface area contributed by atoms with Crippen molar-refractivity contribution < 1.29 is 9.90 Å². The number of nitrogens with zero attached hydrogens (tertiary/aromatic N) is 1. The van der Waals surface area contributed by atoms with Crippen LogP contribution in [0.3, 0.4) is 0 Å². The van der Waals surface area contributed by atoms with Crippen LogP contribution in [0.15, 0.2) is 42.5 Å². The van der Waals surface area contributed by atoms with Gasteiger partial charge in [0.15, 0.2) is 0 Å². The zero-order chi connectivity index (χ0) is 14.8. The number of benzene rings is 2. The van der Waals surface area contributed by atoms with Crippen LogP contribution in [0.5, 0.6) is 5.75 Å². The van der Waals surface area contributed by atoms with E-state index in [0.29, 0.717) is 5.56 Å². The number of carbonyl (C=O) groups excluding carboxylic acids is 1. The van der Waals surface area contributed by atoms with Crippen molar-refractivity contribution in [2.75, 3.05) is 11.4 Å². The minimum atomic E-state index is 0.00690. The van der Waals surface area contributed by atoms with Gasteiger partial charge in [0.2, 0.25) is 0 Å². The Hall–Kier alpha value is -2.29. The molecule has 1 N–H and O–H groups in total. The summed E-state index contributed by atoms with van der Waals surface area (Å²) in [4.78, 5) is 14.7.